The number of para-hydroxylation sites is 1. The van der Waals surface area contributed by atoms with Gasteiger partial charge in [0.05, 0.1) is 12.3 Å². The molecule has 0 saturated carbocycles. The Morgan fingerprint density at radius 2 is 2.25 bits per heavy atom. The van der Waals surface area contributed by atoms with Gasteiger partial charge in [0.1, 0.15) is 0 Å². The van der Waals surface area contributed by atoms with Gasteiger partial charge in [-0.2, -0.15) is 0 Å². The van der Waals surface area contributed by atoms with Gasteiger partial charge in [-0.15, -0.1) is 0 Å². The number of rotatable bonds is 3. The van der Waals surface area contributed by atoms with Crippen molar-refractivity contribution < 1.29 is 14.6 Å². The van der Waals surface area contributed by atoms with Crippen LogP contribution >= 0.6 is 0 Å². The van der Waals surface area contributed by atoms with Crippen molar-refractivity contribution in [3.05, 3.63) is 36.0 Å². The molecule has 1 aromatic heterocycles. The molecule has 1 aromatic carbocycles. The summed E-state index contributed by atoms with van der Waals surface area (Å²) in [5.41, 5.74) is 1.35. The Kier molecular flexibility index (Phi) is 2.92. The van der Waals surface area contributed by atoms with E-state index in [1.807, 2.05) is 24.3 Å². The van der Waals surface area contributed by atoms with Crippen molar-refractivity contribution in [2.45, 2.75) is 13.0 Å². The molecule has 2 rings (SSSR count). The minimum atomic E-state index is -1.24. The van der Waals surface area contributed by atoms with Crippen molar-refractivity contribution in [2.24, 2.45) is 0 Å². The Morgan fingerprint density at radius 1 is 1.50 bits per heavy atom. The van der Waals surface area contributed by atoms with Crippen LogP contribution in [0.15, 0.2) is 30.3 Å². The van der Waals surface area contributed by atoms with Crippen molar-refractivity contribution in [3.8, 4) is 0 Å². The van der Waals surface area contributed by atoms with Gasteiger partial charge in [0.15, 0.2) is 6.10 Å². The van der Waals surface area contributed by atoms with E-state index < -0.39 is 12.1 Å². The highest BCUT2D eigenvalue weighted by Gasteiger charge is 2.20. The van der Waals surface area contributed by atoms with Gasteiger partial charge in [-0.25, -0.2) is 4.79 Å². The van der Waals surface area contributed by atoms with Crippen molar-refractivity contribution in [3.63, 3.8) is 0 Å². The Morgan fingerprint density at radius 3 is 2.94 bits per heavy atom. The second-order valence-corrected chi connectivity index (χ2v) is 3.47. The van der Waals surface area contributed by atoms with E-state index in [1.165, 1.54) is 0 Å². The van der Waals surface area contributed by atoms with Crippen LogP contribution in [0.2, 0.25) is 0 Å². The Hall–Kier alpha value is -1.81. The van der Waals surface area contributed by atoms with Gasteiger partial charge in [0, 0.05) is 5.52 Å². The van der Waals surface area contributed by atoms with E-state index in [2.05, 4.69) is 4.98 Å². The number of carbonyl (C=O) groups is 1. The summed E-state index contributed by atoms with van der Waals surface area (Å²) < 4.78 is 4.75. The number of hydrogen-bond donors (Lipinski definition) is 2. The second kappa shape index (κ2) is 4.37. The molecule has 0 saturated heterocycles. The molecule has 0 radical (unpaired) electrons. The summed E-state index contributed by atoms with van der Waals surface area (Å²) in [5.74, 6) is -0.631. The number of aromatic amines is 1. The first-order chi connectivity index (χ1) is 7.72. The minimum Gasteiger partial charge on any atom is -0.464 e. The number of ether oxygens (including phenoxy) is 1. The zero-order valence-corrected chi connectivity index (χ0v) is 8.93. The summed E-state index contributed by atoms with van der Waals surface area (Å²) in [6.07, 6.45) is -1.24. The van der Waals surface area contributed by atoms with Crippen LogP contribution in [0.3, 0.4) is 0 Å². The largest absolute Gasteiger partial charge is 0.464 e. The van der Waals surface area contributed by atoms with Gasteiger partial charge in [-0.1, -0.05) is 18.2 Å². The lowest BCUT2D eigenvalue weighted by atomic mass is 10.2. The Labute approximate surface area is 92.9 Å². The van der Waals surface area contributed by atoms with Crippen LogP contribution in [-0.4, -0.2) is 22.7 Å². The average molecular weight is 219 g/mol. The molecular formula is C12H13NO3. The summed E-state index contributed by atoms with van der Waals surface area (Å²) in [6.45, 7) is 1.96. The van der Waals surface area contributed by atoms with Gasteiger partial charge in [-0.05, 0) is 24.4 Å². The first-order valence-corrected chi connectivity index (χ1v) is 5.14. The smallest absolute Gasteiger partial charge is 0.341 e. The van der Waals surface area contributed by atoms with Gasteiger partial charge in [-0.3, -0.25) is 0 Å². The van der Waals surface area contributed by atoms with Crippen molar-refractivity contribution in [1.29, 1.82) is 0 Å². The predicted octanol–water partition coefficient (Wildman–Crippen LogP) is 1.76. The van der Waals surface area contributed by atoms with Crippen LogP contribution in [0.4, 0.5) is 0 Å². The number of aliphatic hydroxyl groups is 1. The van der Waals surface area contributed by atoms with Crippen molar-refractivity contribution >= 4 is 16.9 Å². The normalized spacial score (nSPS) is 12.6. The summed E-state index contributed by atoms with van der Waals surface area (Å²) in [7, 11) is 0. The first kappa shape index (κ1) is 10.7. The number of carbonyl (C=O) groups excluding carboxylic acids is 1. The number of benzene rings is 1. The molecule has 1 atom stereocenters. The fourth-order valence-corrected chi connectivity index (χ4v) is 1.59. The van der Waals surface area contributed by atoms with E-state index in [-0.39, 0.29) is 6.61 Å². The molecule has 4 nitrogen and oxygen atoms in total. The fraction of sp³-hybridized carbons (Fsp3) is 0.250. The SMILES string of the molecule is CCOC(=O)C(O)c1cc2ccccc2[nH]1. The highest BCUT2D eigenvalue weighted by atomic mass is 16.5. The molecule has 1 heterocycles. The molecule has 0 fully saturated rings. The zero-order chi connectivity index (χ0) is 11.5. The van der Waals surface area contributed by atoms with Crippen LogP contribution in [0.5, 0.6) is 0 Å². The lowest BCUT2D eigenvalue weighted by Crippen LogP contribution is -2.15. The summed E-state index contributed by atoms with van der Waals surface area (Å²) in [4.78, 5) is 14.3. The molecule has 0 spiro atoms. The fourth-order valence-electron chi connectivity index (χ4n) is 1.59. The number of nitrogens with one attached hydrogen (secondary N) is 1. The molecule has 0 aliphatic heterocycles. The number of H-pyrrole nitrogens is 1. The minimum absolute atomic E-state index is 0.260. The maximum atomic E-state index is 11.3. The quantitative estimate of drug-likeness (QED) is 0.773. The number of esters is 1. The molecule has 0 bridgehead atoms. The standard InChI is InChI=1S/C12H13NO3/c1-2-16-12(15)11(14)10-7-8-5-3-4-6-9(8)13-10/h3-7,11,13-14H,2H2,1H3. The van der Waals surface area contributed by atoms with E-state index in [1.54, 1.807) is 13.0 Å². The third-order valence-electron chi connectivity index (χ3n) is 2.36. The monoisotopic (exact) mass is 219 g/mol. The lowest BCUT2D eigenvalue weighted by Gasteiger charge is -2.06. The van der Waals surface area contributed by atoms with Crippen LogP contribution in [0, 0.1) is 0 Å². The molecule has 16 heavy (non-hydrogen) atoms. The van der Waals surface area contributed by atoms with E-state index >= 15 is 0 Å². The summed E-state index contributed by atoms with van der Waals surface area (Å²) >= 11 is 0. The van der Waals surface area contributed by atoms with E-state index in [0.29, 0.717) is 5.69 Å². The predicted molar refractivity (Wildman–Crippen MR) is 59.9 cm³/mol. The van der Waals surface area contributed by atoms with Gasteiger partial charge in [0.2, 0.25) is 0 Å². The summed E-state index contributed by atoms with van der Waals surface area (Å²) in [5, 5.41) is 10.7. The molecule has 4 heteroatoms. The van der Waals surface area contributed by atoms with Crippen LogP contribution < -0.4 is 0 Å². The topological polar surface area (TPSA) is 62.3 Å². The third-order valence-corrected chi connectivity index (χ3v) is 2.36. The van der Waals surface area contributed by atoms with Gasteiger partial charge < -0.3 is 14.8 Å². The first-order valence-electron chi connectivity index (χ1n) is 5.14. The number of fused-ring (bicyclic) bond motifs is 1. The van der Waals surface area contributed by atoms with Gasteiger partial charge in [0.25, 0.3) is 0 Å². The highest BCUT2D eigenvalue weighted by molar-refractivity contribution is 5.83. The second-order valence-electron chi connectivity index (χ2n) is 3.47. The van der Waals surface area contributed by atoms with Gasteiger partial charge >= 0.3 is 5.97 Å². The van der Waals surface area contributed by atoms with Crippen LogP contribution in [0.1, 0.15) is 18.7 Å². The Balaban J connectivity index is 2.29. The number of hydrogen-bond acceptors (Lipinski definition) is 3. The molecule has 0 aliphatic rings. The maximum Gasteiger partial charge on any atom is 0.341 e. The molecule has 2 N–H and O–H groups in total. The van der Waals surface area contributed by atoms with Crippen LogP contribution in [0.25, 0.3) is 10.9 Å². The maximum absolute atomic E-state index is 11.3. The molecule has 1 unspecified atom stereocenters. The average Bonchev–Trinajstić information content (AvgIpc) is 2.71. The Bertz CT molecular complexity index is 471. The molecule has 0 aliphatic carbocycles. The summed E-state index contributed by atoms with van der Waals surface area (Å²) in [6, 6.07) is 9.33. The number of aliphatic hydroxyl groups excluding tert-OH is 1. The van der Waals surface area contributed by atoms with E-state index in [9.17, 15) is 9.90 Å². The molecule has 0 amide bonds. The van der Waals surface area contributed by atoms with Crippen molar-refractivity contribution in [2.75, 3.05) is 6.61 Å². The van der Waals surface area contributed by atoms with E-state index in [4.69, 9.17) is 4.74 Å². The highest BCUT2D eigenvalue weighted by Crippen LogP contribution is 2.20. The molecule has 84 valence electrons. The number of aromatic nitrogens is 1. The van der Waals surface area contributed by atoms with Crippen molar-refractivity contribution in [1.82, 2.24) is 4.98 Å². The molecule has 2 aromatic rings. The van der Waals surface area contributed by atoms with Crippen LogP contribution in [-0.2, 0) is 9.53 Å². The third kappa shape index (κ3) is 1.92. The van der Waals surface area contributed by atoms with E-state index in [0.717, 1.165) is 10.9 Å². The zero-order valence-electron chi connectivity index (χ0n) is 8.93. The molecular weight excluding hydrogens is 206 g/mol. The lowest BCUT2D eigenvalue weighted by molar-refractivity contribution is -0.153.